The molecule has 1 aliphatic carbocycles. The zero-order valence-electron chi connectivity index (χ0n) is 14.3. The second kappa shape index (κ2) is 7.77. The summed E-state index contributed by atoms with van der Waals surface area (Å²) in [5.41, 5.74) is 1.79. The molecule has 2 atom stereocenters. The van der Waals surface area contributed by atoms with E-state index in [0.29, 0.717) is 13.1 Å². The monoisotopic (exact) mass is 324 g/mol. The van der Waals surface area contributed by atoms with E-state index in [1.165, 1.54) is 0 Å². The molecule has 1 aliphatic rings. The van der Waals surface area contributed by atoms with Crippen LogP contribution in [0.4, 0.5) is 0 Å². The van der Waals surface area contributed by atoms with E-state index in [2.05, 4.69) is 13.2 Å². The Hall–Kier alpha value is -2.62. The molecule has 4 heteroatoms. The van der Waals surface area contributed by atoms with Gasteiger partial charge in [-0.25, -0.2) is 0 Å². The van der Waals surface area contributed by atoms with Gasteiger partial charge in [0.25, 0.3) is 0 Å². The average molecular weight is 324 g/mol. The van der Waals surface area contributed by atoms with Crippen molar-refractivity contribution in [2.24, 2.45) is 0 Å². The summed E-state index contributed by atoms with van der Waals surface area (Å²) in [5, 5.41) is 0. The van der Waals surface area contributed by atoms with Crippen LogP contribution in [-0.2, 0) is 9.59 Å². The number of carbonyl (C=O) groups is 2. The molecule has 2 amide bonds. The van der Waals surface area contributed by atoms with Gasteiger partial charge in [0.2, 0.25) is 11.8 Å². The number of fused-ring (bicyclic) bond motifs is 1. The minimum Gasteiger partial charge on any atom is -0.341 e. The molecule has 126 valence electrons. The largest absolute Gasteiger partial charge is 0.341 e. The van der Waals surface area contributed by atoms with Crippen molar-refractivity contribution in [3.63, 3.8) is 0 Å². The smallest absolute Gasteiger partial charge is 0.233 e. The lowest BCUT2D eigenvalue weighted by atomic mass is 9.80. The molecule has 0 unspecified atom stereocenters. The van der Waals surface area contributed by atoms with E-state index in [9.17, 15) is 9.59 Å². The Labute approximate surface area is 143 Å². The Morgan fingerprint density at radius 2 is 1.29 bits per heavy atom. The Morgan fingerprint density at radius 1 is 0.917 bits per heavy atom. The van der Waals surface area contributed by atoms with Gasteiger partial charge in [-0.1, -0.05) is 48.6 Å². The third-order valence-corrected chi connectivity index (χ3v) is 4.25. The van der Waals surface area contributed by atoms with Crippen LogP contribution in [0, 0.1) is 0 Å². The molecule has 0 saturated carbocycles. The predicted molar refractivity (Wildman–Crippen MR) is 96.7 cm³/mol. The van der Waals surface area contributed by atoms with Crippen molar-refractivity contribution >= 4 is 11.8 Å². The highest BCUT2D eigenvalue weighted by atomic mass is 16.2. The van der Waals surface area contributed by atoms with Crippen LogP contribution in [0.25, 0.3) is 0 Å². The van der Waals surface area contributed by atoms with Crippen molar-refractivity contribution in [3.05, 3.63) is 72.9 Å². The summed E-state index contributed by atoms with van der Waals surface area (Å²) in [7, 11) is 3.52. The summed E-state index contributed by atoms with van der Waals surface area (Å²) in [6.45, 7) is 8.34. The Kier molecular flexibility index (Phi) is 5.74. The number of hydrogen-bond donors (Lipinski definition) is 0. The first-order valence-electron chi connectivity index (χ1n) is 8.00. The fraction of sp³-hybridized carbons (Fsp3) is 0.300. The van der Waals surface area contributed by atoms with Gasteiger partial charge in [-0.15, -0.1) is 13.2 Å². The van der Waals surface area contributed by atoms with Crippen LogP contribution in [0.5, 0.6) is 0 Å². The Balaban J connectivity index is 2.35. The van der Waals surface area contributed by atoms with Crippen LogP contribution >= 0.6 is 0 Å². The topological polar surface area (TPSA) is 40.6 Å². The van der Waals surface area contributed by atoms with Gasteiger partial charge in [0, 0.05) is 27.2 Å². The normalized spacial score (nSPS) is 18.4. The van der Waals surface area contributed by atoms with Crippen LogP contribution in [0.3, 0.4) is 0 Å². The van der Waals surface area contributed by atoms with Gasteiger partial charge in [0.15, 0.2) is 0 Å². The summed E-state index contributed by atoms with van der Waals surface area (Å²) >= 11 is 0. The molecular formula is C20H24N2O2. The fourth-order valence-electron chi connectivity index (χ4n) is 2.98. The van der Waals surface area contributed by atoms with Gasteiger partial charge in [-0.3, -0.25) is 9.59 Å². The first-order chi connectivity index (χ1) is 11.5. The number of hydrogen-bond acceptors (Lipinski definition) is 2. The SMILES string of the molecule is C=CCN(C)C(=O)[C@@H]1C=C[C@@H](C(=O)N(C)CC=C)c2ccccc21. The highest BCUT2D eigenvalue weighted by Crippen LogP contribution is 2.35. The summed E-state index contributed by atoms with van der Waals surface area (Å²) in [4.78, 5) is 28.7. The first kappa shape index (κ1) is 17.7. The molecule has 24 heavy (non-hydrogen) atoms. The second-order valence-electron chi connectivity index (χ2n) is 5.98. The van der Waals surface area contributed by atoms with Gasteiger partial charge in [0.05, 0.1) is 11.8 Å². The van der Waals surface area contributed by atoms with Crippen LogP contribution in [-0.4, -0.2) is 48.8 Å². The summed E-state index contributed by atoms with van der Waals surface area (Å²) in [6, 6.07) is 7.66. The Morgan fingerprint density at radius 3 is 1.62 bits per heavy atom. The van der Waals surface area contributed by atoms with E-state index in [-0.39, 0.29) is 23.7 Å². The summed E-state index contributed by atoms with van der Waals surface area (Å²) < 4.78 is 0. The van der Waals surface area contributed by atoms with E-state index >= 15 is 0 Å². The van der Waals surface area contributed by atoms with Crippen molar-refractivity contribution in [2.75, 3.05) is 27.2 Å². The quantitative estimate of drug-likeness (QED) is 0.755. The van der Waals surface area contributed by atoms with Crippen LogP contribution in [0.1, 0.15) is 23.0 Å². The molecule has 0 bridgehead atoms. The van der Waals surface area contributed by atoms with Crippen molar-refractivity contribution < 1.29 is 9.59 Å². The summed E-state index contributed by atoms with van der Waals surface area (Å²) in [6.07, 6.45) is 7.09. The van der Waals surface area contributed by atoms with E-state index in [0.717, 1.165) is 11.1 Å². The highest BCUT2D eigenvalue weighted by molar-refractivity contribution is 5.91. The number of carbonyl (C=O) groups excluding carboxylic acids is 2. The van der Waals surface area contributed by atoms with Gasteiger partial charge in [0.1, 0.15) is 0 Å². The molecule has 1 aromatic rings. The zero-order chi connectivity index (χ0) is 17.7. The fourth-order valence-corrected chi connectivity index (χ4v) is 2.98. The second-order valence-corrected chi connectivity index (χ2v) is 5.98. The molecule has 0 aromatic heterocycles. The van der Waals surface area contributed by atoms with Crippen molar-refractivity contribution in [1.29, 1.82) is 0 Å². The van der Waals surface area contributed by atoms with Crippen LogP contribution in [0.15, 0.2) is 61.7 Å². The van der Waals surface area contributed by atoms with Gasteiger partial charge >= 0.3 is 0 Å². The van der Waals surface area contributed by atoms with E-state index < -0.39 is 0 Å². The number of benzene rings is 1. The molecule has 4 nitrogen and oxygen atoms in total. The first-order valence-corrected chi connectivity index (χ1v) is 8.00. The molecule has 0 N–H and O–H groups in total. The minimum absolute atomic E-state index is 0.00365. The third-order valence-electron chi connectivity index (χ3n) is 4.25. The van der Waals surface area contributed by atoms with Gasteiger partial charge in [-0.2, -0.15) is 0 Å². The highest BCUT2D eigenvalue weighted by Gasteiger charge is 2.32. The predicted octanol–water partition coefficient (Wildman–Crippen LogP) is 2.71. The van der Waals surface area contributed by atoms with Crippen molar-refractivity contribution in [3.8, 4) is 0 Å². The van der Waals surface area contributed by atoms with Crippen LogP contribution < -0.4 is 0 Å². The summed E-state index contributed by atoms with van der Waals surface area (Å²) in [5.74, 6) is -0.715. The lowest BCUT2D eigenvalue weighted by Gasteiger charge is -2.30. The molecule has 2 rings (SSSR count). The molecular weight excluding hydrogens is 300 g/mol. The minimum atomic E-state index is -0.361. The molecule has 0 radical (unpaired) electrons. The maximum Gasteiger partial charge on any atom is 0.233 e. The number of amides is 2. The zero-order valence-corrected chi connectivity index (χ0v) is 14.3. The lowest BCUT2D eigenvalue weighted by molar-refractivity contribution is -0.131. The van der Waals surface area contributed by atoms with Crippen molar-refractivity contribution in [1.82, 2.24) is 9.80 Å². The maximum atomic E-state index is 12.7. The molecule has 0 aliphatic heterocycles. The van der Waals surface area contributed by atoms with Crippen LogP contribution in [0.2, 0.25) is 0 Å². The van der Waals surface area contributed by atoms with Crippen molar-refractivity contribution in [2.45, 2.75) is 11.8 Å². The molecule has 1 aromatic carbocycles. The maximum absolute atomic E-state index is 12.7. The Bertz CT molecular complexity index is 621. The lowest BCUT2D eigenvalue weighted by Crippen LogP contribution is -2.35. The van der Waals surface area contributed by atoms with E-state index in [1.807, 2.05) is 36.4 Å². The number of likely N-dealkylation sites (N-methyl/N-ethyl adjacent to an activating group) is 2. The molecule has 0 fully saturated rings. The average Bonchev–Trinajstić information content (AvgIpc) is 2.60. The molecule has 0 heterocycles. The van der Waals surface area contributed by atoms with Gasteiger partial charge < -0.3 is 9.80 Å². The number of rotatable bonds is 6. The third kappa shape index (κ3) is 3.48. The van der Waals surface area contributed by atoms with E-state index in [1.54, 1.807) is 36.0 Å². The number of nitrogens with zero attached hydrogens (tertiary/aromatic N) is 2. The van der Waals surface area contributed by atoms with E-state index in [4.69, 9.17) is 0 Å². The van der Waals surface area contributed by atoms with Gasteiger partial charge in [-0.05, 0) is 11.1 Å². The molecule has 0 spiro atoms. The standard InChI is InChI=1S/C20H24N2O2/c1-5-13-21(3)19(23)17-11-12-18(20(24)22(4)14-6-2)16-10-8-7-9-15(16)17/h5-12,17-18H,1-2,13-14H2,3-4H3/t17-,18-/m1/s1. The molecule has 0 saturated heterocycles.